The lowest BCUT2D eigenvalue weighted by atomic mass is 9.96. The van der Waals surface area contributed by atoms with Crippen LogP contribution in [-0.4, -0.2) is 39.8 Å². The van der Waals surface area contributed by atoms with Crippen LogP contribution in [0.2, 0.25) is 5.02 Å². The summed E-state index contributed by atoms with van der Waals surface area (Å²) in [5.74, 6) is 0. The minimum atomic E-state index is -0.0311. The Bertz CT molecular complexity index is 1070. The van der Waals surface area contributed by atoms with Crippen LogP contribution in [0.4, 0.5) is 0 Å². The third kappa shape index (κ3) is 4.20. The molecule has 0 amide bonds. The Kier molecular flexibility index (Phi) is 6.60. The van der Waals surface area contributed by atoms with Crippen LogP contribution < -0.4 is 5.32 Å². The zero-order valence-corrected chi connectivity index (χ0v) is 19.6. The monoisotopic (exact) mass is 454 g/mol. The van der Waals surface area contributed by atoms with E-state index in [9.17, 15) is 0 Å². The highest BCUT2D eigenvalue weighted by atomic mass is 35.5. The predicted molar refractivity (Wildman–Crippen MR) is 129 cm³/mol. The lowest BCUT2D eigenvalue weighted by Crippen LogP contribution is -2.31. The number of para-hydroxylation sites is 1. The molecule has 0 spiro atoms. The van der Waals surface area contributed by atoms with E-state index in [4.69, 9.17) is 28.6 Å². The largest absolute Gasteiger partial charge is 0.385 e. The molecule has 1 fully saturated rings. The fourth-order valence-corrected chi connectivity index (χ4v) is 5.01. The summed E-state index contributed by atoms with van der Waals surface area (Å²) in [5, 5.41) is 5.00. The second kappa shape index (κ2) is 9.39. The maximum absolute atomic E-state index is 6.54. The number of nitrogens with one attached hydrogen (secondary N) is 1. The lowest BCUT2D eigenvalue weighted by Gasteiger charge is -2.28. The van der Waals surface area contributed by atoms with Gasteiger partial charge < -0.3 is 19.5 Å². The summed E-state index contributed by atoms with van der Waals surface area (Å²) in [5.41, 5.74) is 5.47. The smallest absolute Gasteiger partial charge is 0.170 e. The number of benzene rings is 1. The normalized spacial score (nSPS) is 18.5. The number of ether oxygens (including phenoxy) is 1. The number of pyridine rings is 1. The van der Waals surface area contributed by atoms with E-state index in [1.807, 2.05) is 36.5 Å². The van der Waals surface area contributed by atoms with Crippen molar-refractivity contribution in [2.75, 3.05) is 20.3 Å². The molecule has 1 aliphatic heterocycles. The minimum Gasteiger partial charge on any atom is -0.385 e. The van der Waals surface area contributed by atoms with Crippen molar-refractivity contribution in [2.45, 2.75) is 32.4 Å². The van der Waals surface area contributed by atoms with E-state index in [0.29, 0.717) is 6.61 Å². The molecule has 4 rings (SSSR count). The van der Waals surface area contributed by atoms with Crippen molar-refractivity contribution >= 4 is 28.9 Å². The van der Waals surface area contributed by atoms with Gasteiger partial charge in [0.1, 0.15) is 0 Å². The first-order valence-electron chi connectivity index (χ1n) is 10.4. The number of methoxy groups -OCH3 is 1. The van der Waals surface area contributed by atoms with E-state index >= 15 is 0 Å². The highest BCUT2D eigenvalue weighted by molar-refractivity contribution is 7.80. The zero-order valence-electron chi connectivity index (χ0n) is 18.0. The number of halogens is 1. The van der Waals surface area contributed by atoms with Crippen LogP contribution in [0.1, 0.15) is 41.1 Å². The van der Waals surface area contributed by atoms with Crippen LogP contribution in [0.5, 0.6) is 0 Å². The first-order chi connectivity index (χ1) is 15.0. The Morgan fingerprint density at radius 2 is 1.94 bits per heavy atom. The molecule has 0 aliphatic carbocycles. The Balaban J connectivity index is 1.80. The first-order valence-corrected chi connectivity index (χ1v) is 11.2. The van der Waals surface area contributed by atoms with E-state index in [1.54, 1.807) is 7.11 Å². The molecule has 7 heteroatoms. The fourth-order valence-electron chi connectivity index (χ4n) is 4.45. The molecule has 31 heavy (non-hydrogen) atoms. The van der Waals surface area contributed by atoms with Gasteiger partial charge >= 0.3 is 0 Å². The maximum Gasteiger partial charge on any atom is 0.170 e. The number of aromatic nitrogens is 2. The number of rotatable bonds is 7. The van der Waals surface area contributed by atoms with Crippen molar-refractivity contribution in [3.63, 3.8) is 0 Å². The highest BCUT2D eigenvalue weighted by Gasteiger charge is 2.41. The summed E-state index contributed by atoms with van der Waals surface area (Å²) in [6, 6.07) is 16.2. The van der Waals surface area contributed by atoms with Gasteiger partial charge in [0.2, 0.25) is 0 Å². The van der Waals surface area contributed by atoms with Crippen molar-refractivity contribution in [3.8, 4) is 5.69 Å². The van der Waals surface area contributed by atoms with E-state index in [2.05, 4.69) is 51.8 Å². The summed E-state index contributed by atoms with van der Waals surface area (Å²) < 4.78 is 7.51. The number of aryl methyl sites for hydroxylation is 1. The molecule has 3 aromatic rings. The van der Waals surface area contributed by atoms with Gasteiger partial charge in [0, 0.05) is 37.8 Å². The first kappa shape index (κ1) is 21.8. The van der Waals surface area contributed by atoms with Gasteiger partial charge in [-0.15, -0.1) is 0 Å². The van der Waals surface area contributed by atoms with Gasteiger partial charge in [-0.05, 0) is 68.4 Å². The second-order valence-electron chi connectivity index (χ2n) is 7.78. The maximum atomic E-state index is 6.54. The summed E-state index contributed by atoms with van der Waals surface area (Å²) in [7, 11) is 1.73. The highest BCUT2D eigenvalue weighted by Crippen LogP contribution is 2.41. The Hall–Kier alpha value is -2.41. The molecule has 5 nitrogen and oxygen atoms in total. The number of hydrogen-bond acceptors (Lipinski definition) is 3. The molecule has 162 valence electrons. The quantitative estimate of drug-likeness (QED) is 0.395. The molecule has 0 bridgehead atoms. The van der Waals surface area contributed by atoms with Gasteiger partial charge in [-0.3, -0.25) is 4.98 Å². The third-order valence-corrected chi connectivity index (χ3v) is 6.50. The van der Waals surface area contributed by atoms with Crippen LogP contribution in [0.3, 0.4) is 0 Å². The Morgan fingerprint density at radius 1 is 1.16 bits per heavy atom. The Labute approximate surface area is 194 Å². The van der Waals surface area contributed by atoms with Gasteiger partial charge in [-0.2, -0.15) is 0 Å². The minimum absolute atomic E-state index is 0.0293. The summed E-state index contributed by atoms with van der Waals surface area (Å²) in [6.45, 7) is 5.77. The average molecular weight is 455 g/mol. The van der Waals surface area contributed by atoms with Gasteiger partial charge in [-0.1, -0.05) is 29.8 Å². The van der Waals surface area contributed by atoms with Crippen LogP contribution >= 0.6 is 23.8 Å². The molecule has 1 N–H and O–H groups in total. The van der Waals surface area contributed by atoms with Crippen molar-refractivity contribution in [2.24, 2.45) is 0 Å². The summed E-state index contributed by atoms with van der Waals surface area (Å²) >= 11 is 12.3. The van der Waals surface area contributed by atoms with Crippen molar-refractivity contribution in [1.29, 1.82) is 0 Å². The van der Waals surface area contributed by atoms with Crippen LogP contribution in [0.15, 0.2) is 54.7 Å². The molecule has 2 aromatic heterocycles. The van der Waals surface area contributed by atoms with E-state index < -0.39 is 0 Å². The average Bonchev–Trinajstić information content (AvgIpc) is 3.25. The van der Waals surface area contributed by atoms with Gasteiger partial charge in [0.15, 0.2) is 5.11 Å². The molecule has 2 atom stereocenters. The van der Waals surface area contributed by atoms with E-state index in [1.165, 1.54) is 5.56 Å². The molecule has 3 heterocycles. The SMILES string of the molecule is COCCCN1C(=S)N[C@H](c2ccccn2)[C@H]1c1cc(C)n(-c2ccccc2Cl)c1C. The van der Waals surface area contributed by atoms with Gasteiger partial charge in [-0.25, -0.2) is 0 Å². The predicted octanol–water partition coefficient (Wildman–Crippen LogP) is 5.15. The standard InChI is InChI=1S/C24H27ClN4OS/c1-16-15-18(17(2)29(16)21-11-5-4-9-19(21)25)23-22(20-10-6-7-12-26-20)27-24(31)28(23)13-8-14-30-3/h4-7,9-12,15,22-23H,8,13-14H2,1-3H3,(H,27,31)/t22-,23-/m1/s1. The molecule has 1 aromatic carbocycles. The molecule has 0 radical (unpaired) electrons. The molecule has 0 unspecified atom stereocenters. The Morgan fingerprint density at radius 3 is 2.65 bits per heavy atom. The molecule has 1 aliphatic rings. The lowest BCUT2D eigenvalue weighted by molar-refractivity contribution is 0.180. The van der Waals surface area contributed by atoms with Gasteiger partial charge in [0.25, 0.3) is 0 Å². The summed E-state index contributed by atoms with van der Waals surface area (Å²) in [4.78, 5) is 6.90. The number of nitrogens with zero attached hydrogens (tertiary/aromatic N) is 3. The number of thiocarbonyl (C=S) groups is 1. The molecule has 0 saturated carbocycles. The molecular weight excluding hydrogens is 428 g/mol. The molecule has 1 saturated heterocycles. The molecular formula is C24H27ClN4OS. The van der Waals surface area contributed by atoms with Crippen LogP contribution in [-0.2, 0) is 4.74 Å². The topological polar surface area (TPSA) is 42.3 Å². The third-order valence-electron chi connectivity index (χ3n) is 5.83. The van der Waals surface area contributed by atoms with Crippen LogP contribution in [0, 0.1) is 13.8 Å². The van der Waals surface area contributed by atoms with Crippen molar-refractivity contribution in [3.05, 3.63) is 82.4 Å². The van der Waals surface area contributed by atoms with E-state index in [-0.39, 0.29) is 12.1 Å². The van der Waals surface area contributed by atoms with Crippen molar-refractivity contribution in [1.82, 2.24) is 19.8 Å². The van der Waals surface area contributed by atoms with Crippen LogP contribution in [0.25, 0.3) is 5.69 Å². The van der Waals surface area contributed by atoms with Gasteiger partial charge in [0.05, 0.1) is 28.5 Å². The van der Waals surface area contributed by atoms with E-state index in [0.717, 1.165) is 45.9 Å². The fraction of sp³-hybridized carbons (Fsp3) is 0.333. The van der Waals surface area contributed by atoms with Crippen molar-refractivity contribution < 1.29 is 4.74 Å². The second-order valence-corrected chi connectivity index (χ2v) is 8.57. The summed E-state index contributed by atoms with van der Waals surface area (Å²) in [6.07, 6.45) is 2.73. The number of hydrogen-bond donors (Lipinski definition) is 1. The zero-order chi connectivity index (χ0) is 22.0.